The van der Waals surface area contributed by atoms with E-state index in [1.54, 1.807) is 13.0 Å². The molecule has 0 saturated carbocycles. The highest BCUT2D eigenvalue weighted by Gasteiger charge is 2.26. The lowest BCUT2D eigenvalue weighted by Crippen LogP contribution is -2.28. The number of hydrogen-bond acceptors (Lipinski definition) is 3. The van der Waals surface area contributed by atoms with Crippen LogP contribution in [0.25, 0.3) is 0 Å². The van der Waals surface area contributed by atoms with E-state index >= 15 is 0 Å². The molecule has 0 aliphatic heterocycles. The molecule has 1 aromatic carbocycles. The number of nitrogens with zero attached hydrogens (tertiary/aromatic N) is 1. The van der Waals surface area contributed by atoms with Gasteiger partial charge in [-0.3, -0.25) is 9.78 Å². The molecule has 2 N–H and O–H groups in total. The van der Waals surface area contributed by atoms with Gasteiger partial charge in [0.2, 0.25) is 5.91 Å². The van der Waals surface area contributed by atoms with Crippen LogP contribution in [0.5, 0.6) is 0 Å². The van der Waals surface area contributed by atoms with Crippen LogP contribution in [0.15, 0.2) is 42.6 Å². The van der Waals surface area contributed by atoms with Crippen molar-refractivity contribution >= 4 is 34.2 Å². The van der Waals surface area contributed by atoms with Crippen LogP contribution in [0.4, 0.5) is 18.9 Å². The Bertz CT molecular complexity index is 703. The standard InChI is InChI=1S/C17H17F3IN3O/c1-11(24-16(25)8-12-2-4-13(21)5-3-12)15-7-6-14(9-22-15)23-10-17(18,19)20/h2-7,9,11,23H,8,10H2,1H3,(H,24,25)/t11-/m1/s1. The maximum absolute atomic E-state index is 12.2. The number of carbonyl (C=O) groups is 1. The minimum absolute atomic E-state index is 0.144. The molecule has 0 aliphatic carbocycles. The van der Waals surface area contributed by atoms with Gasteiger partial charge in [-0.2, -0.15) is 13.2 Å². The normalized spacial score (nSPS) is 12.5. The van der Waals surface area contributed by atoms with Crippen LogP contribution >= 0.6 is 22.6 Å². The number of halogens is 4. The third kappa shape index (κ3) is 6.89. The van der Waals surface area contributed by atoms with Gasteiger partial charge >= 0.3 is 6.18 Å². The Labute approximate surface area is 157 Å². The zero-order chi connectivity index (χ0) is 18.4. The van der Waals surface area contributed by atoms with E-state index < -0.39 is 12.7 Å². The SMILES string of the molecule is C[C@@H](NC(=O)Cc1ccc(I)cc1)c1ccc(NCC(F)(F)F)cn1. The number of pyridine rings is 1. The van der Waals surface area contributed by atoms with Gasteiger partial charge < -0.3 is 10.6 Å². The smallest absolute Gasteiger partial charge is 0.375 e. The topological polar surface area (TPSA) is 54.0 Å². The number of benzene rings is 1. The van der Waals surface area contributed by atoms with Crippen LogP contribution < -0.4 is 10.6 Å². The van der Waals surface area contributed by atoms with Gasteiger partial charge in [0.05, 0.1) is 30.0 Å². The second-order valence-electron chi connectivity index (χ2n) is 5.53. The molecule has 0 fully saturated rings. The Morgan fingerprint density at radius 1 is 1.20 bits per heavy atom. The van der Waals surface area contributed by atoms with Gasteiger partial charge in [0.15, 0.2) is 0 Å². The molecule has 0 bridgehead atoms. The molecular formula is C17H17F3IN3O. The maximum Gasteiger partial charge on any atom is 0.405 e. The van der Waals surface area contributed by atoms with E-state index in [0.717, 1.165) is 9.13 Å². The third-order valence-electron chi connectivity index (χ3n) is 3.38. The van der Waals surface area contributed by atoms with E-state index in [4.69, 9.17) is 0 Å². The molecule has 0 aliphatic rings. The molecule has 0 saturated heterocycles. The minimum atomic E-state index is -4.28. The molecule has 1 amide bonds. The number of nitrogens with one attached hydrogen (secondary N) is 2. The summed E-state index contributed by atoms with van der Waals surface area (Å²) in [6, 6.07) is 10.4. The fourth-order valence-electron chi connectivity index (χ4n) is 2.12. The van der Waals surface area contributed by atoms with Crippen LogP contribution in [0.2, 0.25) is 0 Å². The number of alkyl halides is 3. The minimum Gasteiger partial charge on any atom is -0.375 e. The van der Waals surface area contributed by atoms with Gasteiger partial charge in [-0.05, 0) is 59.3 Å². The molecule has 1 atom stereocenters. The first kappa shape index (κ1) is 19.5. The van der Waals surface area contributed by atoms with Crippen LogP contribution in [-0.4, -0.2) is 23.6 Å². The summed E-state index contributed by atoms with van der Waals surface area (Å²) in [6.07, 6.45) is -2.70. The summed E-state index contributed by atoms with van der Waals surface area (Å²) < 4.78 is 37.6. The summed E-state index contributed by atoms with van der Waals surface area (Å²) in [6.45, 7) is 0.660. The lowest BCUT2D eigenvalue weighted by Gasteiger charge is -2.15. The number of aromatic nitrogens is 1. The fraction of sp³-hybridized carbons (Fsp3) is 0.294. The predicted octanol–water partition coefficient (Wildman–Crippen LogP) is 4.08. The molecule has 2 aromatic rings. The number of rotatable bonds is 6. The van der Waals surface area contributed by atoms with Crippen molar-refractivity contribution in [2.75, 3.05) is 11.9 Å². The summed E-state index contributed by atoms with van der Waals surface area (Å²) in [5.41, 5.74) is 1.76. The summed E-state index contributed by atoms with van der Waals surface area (Å²) in [5.74, 6) is -0.144. The van der Waals surface area contributed by atoms with Crippen molar-refractivity contribution in [2.24, 2.45) is 0 Å². The first-order valence-corrected chi connectivity index (χ1v) is 8.61. The second kappa shape index (κ2) is 8.50. The highest BCUT2D eigenvalue weighted by atomic mass is 127. The first-order valence-electron chi connectivity index (χ1n) is 7.53. The molecule has 2 rings (SSSR count). The van der Waals surface area contributed by atoms with Gasteiger partial charge in [-0.25, -0.2) is 0 Å². The Balaban J connectivity index is 1.88. The molecule has 1 heterocycles. The van der Waals surface area contributed by atoms with E-state index in [0.29, 0.717) is 5.69 Å². The number of anilines is 1. The Morgan fingerprint density at radius 3 is 2.44 bits per heavy atom. The Kier molecular flexibility index (Phi) is 6.63. The summed E-state index contributed by atoms with van der Waals surface area (Å²) in [7, 11) is 0. The molecule has 1 aromatic heterocycles. The first-order chi connectivity index (χ1) is 11.7. The Hall–Kier alpha value is -1.84. The summed E-state index contributed by atoms with van der Waals surface area (Å²) in [4.78, 5) is 16.2. The quantitative estimate of drug-likeness (QED) is 0.636. The molecule has 0 radical (unpaired) electrons. The van der Waals surface area contributed by atoms with Gasteiger partial charge in [0.1, 0.15) is 6.54 Å². The molecular weight excluding hydrogens is 446 g/mol. The number of hydrogen-bond donors (Lipinski definition) is 2. The van der Waals surface area contributed by atoms with Crippen LogP contribution in [-0.2, 0) is 11.2 Å². The van der Waals surface area contributed by atoms with Crippen LogP contribution in [0.3, 0.4) is 0 Å². The lowest BCUT2D eigenvalue weighted by atomic mass is 10.1. The molecule has 0 unspecified atom stereocenters. The number of amides is 1. The highest BCUT2D eigenvalue weighted by Crippen LogP contribution is 2.17. The van der Waals surface area contributed by atoms with Crippen molar-refractivity contribution in [3.8, 4) is 0 Å². The van der Waals surface area contributed by atoms with E-state index in [-0.39, 0.29) is 24.1 Å². The molecule has 134 valence electrons. The van der Waals surface area contributed by atoms with Crippen molar-refractivity contribution in [1.82, 2.24) is 10.3 Å². The van der Waals surface area contributed by atoms with Crippen LogP contribution in [0, 0.1) is 3.57 Å². The molecule has 25 heavy (non-hydrogen) atoms. The van der Waals surface area contributed by atoms with Gasteiger partial charge in [-0.15, -0.1) is 0 Å². The summed E-state index contributed by atoms with van der Waals surface area (Å²) >= 11 is 2.19. The number of carbonyl (C=O) groups excluding carboxylic acids is 1. The van der Waals surface area contributed by atoms with Gasteiger partial charge in [-0.1, -0.05) is 12.1 Å². The summed E-state index contributed by atoms with van der Waals surface area (Å²) in [5, 5.41) is 5.08. The average Bonchev–Trinajstić information content (AvgIpc) is 2.55. The van der Waals surface area contributed by atoms with Gasteiger partial charge in [0.25, 0.3) is 0 Å². The predicted molar refractivity (Wildman–Crippen MR) is 98.2 cm³/mol. The van der Waals surface area contributed by atoms with E-state index in [1.165, 1.54) is 12.3 Å². The largest absolute Gasteiger partial charge is 0.405 e. The van der Waals surface area contributed by atoms with E-state index in [2.05, 4.69) is 38.2 Å². The second-order valence-corrected chi connectivity index (χ2v) is 6.78. The fourth-order valence-corrected chi connectivity index (χ4v) is 2.48. The molecule has 4 nitrogen and oxygen atoms in total. The molecule has 8 heteroatoms. The zero-order valence-corrected chi connectivity index (χ0v) is 15.6. The lowest BCUT2D eigenvalue weighted by molar-refractivity contribution is -0.121. The van der Waals surface area contributed by atoms with Crippen molar-refractivity contribution in [2.45, 2.75) is 25.6 Å². The molecule has 0 spiro atoms. The van der Waals surface area contributed by atoms with E-state index in [1.807, 2.05) is 24.3 Å². The van der Waals surface area contributed by atoms with Crippen molar-refractivity contribution in [1.29, 1.82) is 0 Å². The van der Waals surface area contributed by atoms with Gasteiger partial charge in [0, 0.05) is 3.57 Å². The monoisotopic (exact) mass is 463 g/mol. The third-order valence-corrected chi connectivity index (χ3v) is 4.10. The average molecular weight is 463 g/mol. The van der Waals surface area contributed by atoms with Crippen molar-refractivity contribution in [3.63, 3.8) is 0 Å². The highest BCUT2D eigenvalue weighted by molar-refractivity contribution is 14.1. The van der Waals surface area contributed by atoms with Crippen LogP contribution in [0.1, 0.15) is 24.2 Å². The van der Waals surface area contributed by atoms with E-state index in [9.17, 15) is 18.0 Å². The van der Waals surface area contributed by atoms with Crippen molar-refractivity contribution in [3.05, 3.63) is 57.4 Å². The Morgan fingerprint density at radius 2 is 1.88 bits per heavy atom. The van der Waals surface area contributed by atoms with Crippen molar-refractivity contribution < 1.29 is 18.0 Å². The maximum atomic E-state index is 12.2. The zero-order valence-electron chi connectivity index (χ0n) is 13.4.